The highest BCUT2D eigenvalue weighted by Gasteiger charge is 2.15. The predicted octanol–water partition coefficient (Wildman–Crippen LogP) is 5.22. The molecule has 8 heteroatoms. The highest BCUT2D eigenvalue weighted by Crippen LogP contribution is 2.30. The van der Waals surface area contributed by atoms with Gasteiger partial charge in [-0.2, -0.15) is 5.26 Å². The number of ether oxygens (including phenoxy) is 2. The van der Waals surface area contributed by atoms with Crippen molar-refractivity contribution in [2.45, 2.75) is 60.0 Å². The van der Waals surface area contributed by atoms with Gasteiger partial charge >= 0.3 is 6.09 Å². The number of carbonyl (C=O) groups excluding carboxylic acids is 1. The van der Waals surface area contributed by atoms with E-state index in [1.54, 1.807) is 23.9 Å². The van der Waals surface area contributed by atoms with Gasteiger partial charge in [-0.15, -0.1) is 0 Å². The third-order valence-electron chi connectivity index (χ3n) is 5.32. The molecule has 2 aromatic heterocycles. The van der Waals surface area contributed by atoms with Crippen LogP contribution < -0.4 is 15.6 Å². The Balaban J connectivity index is 0.000000410. The topological polar surface area (TPSA) is 106 Å². The summed E-state index contributed by atoms with van der Waals surface area (Å²) in [5.41, 5.74) is 1.45. The molecular formula is C27H36N4O4. The maximum absolute atomic E-state index is 12.8. The zero-order chi connectivity index (χ0) is 26.3. The van der Waals surface area contributed by atoms with E-state index in [2.05, 4.69) is 30.2 Å². The molecule has 0 saturated heterocycles. The van der Waals surface area contributed by atoms with Gasteiger partial charge in [0.25, 0.3) is 5.56 Å². The zero-order valence-electron chi connectivity index (χ0n) is 22.0. The lowest BCUT2D eigenvalue weighted by Crippen LogP contribution is -2.30. The predicted molar refractivity (Wildman–Crippen MR) is 139 cm³/mol. The van der Waals surface area contributed by atoms with Gasteiger partial charge < -0.3 is 19.4 Å². The summed E-state index contributed by atoms with van der Waals surface area (Å²) in [5.74, 6) is 1.15. The number of aromatic nitrogens is 2. The van der Waals surface area contributed by atoms with E-state index in [-0.39, 0.29) is 17.3 Å². The van der Waals surface area contributed by atoms with Crippen molar-refractivity contribution in [2.75, 3.05) is 13.7 Å². The van der Waals surface area contributed by atoms with Crippen LogP contribution in [0.4, 0.5) is 4.79 Å². The Hall–Kier alpha value is -3.60. The van der Waals surface area contributed by atoms with E-state index in [1.165, 1.54) is 7.05 Å². The van der Waals surface area contributed by atoms with E-state index in [1.807, 2.05) is 39.8 Å². The number of hydrogen-bond acceptors (Lipinski definition) is 6. The summed E-state index contributed by atoms with van der Waals surface area (Å²) in [6.07, 6.45) is 3.31. The van der Waals surface area contributed by atoms with Crippen LogP contribution in [0.2, 0.25) is 0 Å². The van der Waals surface area contributed by atoms with Gasteiger partial charge in [-0.05, 0) is 64.0 Å². The van der Waals surface area contributed by atoms with Gasteiger partial charge in [-0.1, -0.05) is 13.8 Å². The van der Waals surface area contributed by atoms with E-state index in [0.717, 1.165) is 29.1 Å². The van der Waals surface area contributed by atoms with E-state index in [9.17, 15) is 14.9 Å². The number of pyridine rings is 2. The lowest BCUT2D eigenvalue weighted by Gasteiger charge is -2.18. The third-order valence-corrected chi connectivity index (χ3v) is 5.32. The summed E-state index contributed by atoms with van der Waals surface area (Å²) in [6, 6.07) is 7.67. The van der Waals surface area contributed by atoms with Crippen molar-refractivity contribution in [3.05, 3.63) is 46.0 Å². The van der Waals surface area contributed by atoms with Crippen LogP contribution in [0.3, 0.4) is 0 Å². The Morgan fingerprint density at radius 2 is 1.94 bits per heavy atom. The van der Waals surface area contributed by atoms with Crippen LogP contribution >= 0.6 is 0 Å². The van der Waals surface area contributed by atoms with Gasteiger partial charge in [0, 0.05) is 31.7 Å². The summed E-state index contributed by atoms with van der Waals surface area (Å²) in [7, 11) is 3.28. The van der Waals surface area contributed by atoms with Crippen LogP contribution in [0.25, 0.3) is 21.7 Å². The number of aryl methyl sites for hydroxylation is 2. The summed E-state index contributed by atoms with van der Waals surface area (Å²) in [6.45, 7) is 12.2. The quantitative estimate of drug-likeness (QED) is 0.396. The van der Waals surface area contributed by atoms with Crippen molar-refractivity contribution >= 4 is 27.8 Å². The maximum Gasteiger partial charge on any atom is 0.407 e. The number of nitrogens with one attached hydrogen (secondary N) is 1. The molecule has 0 atom stereocenters. The molecule has 2 heterocycles. The van der Waals surface area contributed by atoms with E-state index in [4.69, 9.17) is 9.47 Å². The van der Waals surface area contributed by atoms with Crippen LogP contribution in [0.15, 0.2) is 29.2 Å². The lowest BCUT2D eigenvalue weighted by molar-refractivity contribution is 0.0541. The average Bonchev–Trinajstić information content (AvgIpc) is 2.78. The summed E-state index contributed by atoms with van der Waals surface area (Å²) >= 11 is 0. The first-order chi connectivity index (χ1) is 16.4. The molecule has 8 nitrogen and oxygen atoms in total. The van der Waals surface area contributed by atoms with Gasteiger partial charge in [-0.3, -0.25) is 9.78 Å². The molecule has 1 amide bonds. The van der Waals surface area contributed by atoms with E-state index in [0.29, 0.717) is 34.9 Å². The largest absolute Gasteiger partial charge is 0.492 e. The Kier molecular flexibility index (Phi) is 9.24. The number of hydrogen-bond donors (Lipinski definition) is 1. The molecule has 0 aliphatic rings. The summed E-state index contributed by atoms with van der Waals surface area (Å²) in [5, 5.41) is 14.2. The zero-order valence-corrected chi connectivity index (χ0v) is 22.0. The molecule has 0 aliphatic carbocycles. The van der Waals surface area contributed by atoms with Gasteiger partial charge in [-0.25, -0.2) is 4.79 Å². The van der Waals surface area contributed by atoms with Gasteiger partial charge in [0.15, 0.2) is 0 Å². The van der Waals surface area contributed by atoms with Crippen LogP contribution in [-0.2, 0) is 11.8 Å². The maximum atomic E-state index is 12.8. The van der Waals surface area contributed by atoms with E-state index >= 15 is 0 Å². The van der Waals surface area contributed by atoms with Crippen LogP contribution in [-0.4, -0.2) is 34.9 Å². The van der Waals surface area contributed by atoms with Crippen LogP contribution in [0.5, 0.6) is 5.75 Å². The van der Waals surface area contributed by atoms with Gasteiger partial charge in [0.05, 0.1) is 28.8 Å². The molecule has 1 aromatic carbocycles. The smallest absolute Gasteiger partial charge is 0.407 e. The highest BCUT2D eigenvalue weighted by atomic mass is 16.6. The number of alkyl carbamates (subject to hydrolysis) is 1. The molecule has 35 heavy (non-hydrogen) atoms. The average molecular weight is 481 g/mol. The third kappa shape index (κ3) is 7.19. The lowest BCUT2D eigenvalue weighted by atomic mass is 10.0. The summed E-state index contributed by atoms with van der Waals surface area (Å²) in [4.78, 5) is 27.5. The highest BCUT2D eigenvalue weighted by molar-refractivity contribution is 6.07. The molecular weight excluding hydrogens is 444 g/mol. The minimum absolute atomic E-state index is 0.0893. The minimum atomic E-state index is -0.389. The number of fused-ring (bicyclic) bond motifs is 3. The summed E-state index contributed by atoms with van der Waals surface area (Å²) < 4.78 is 12.3. The molecule has 0 spiro atoms. The molecule has 3 rings (SSSR count). The number of amides is 1. The first-order valence-corrected chi connectivity index (χ1v) is 11.7. The number of benzene rings is 1. The van der Waals surface area contributed by atoms with Crippen molar-refractivity contribution in [3.8, 4) is 11.8 Å². The number of carbonyl (C=O) groups is 1. The minimum Gasteiger partial charge on any atom is -0.492 e. The number of nitriles is 1. The molecule has 0 bridgehead atoms. The Morgan fingerprint density at radius 1 is 1.26 bits per heavy atom. The van der Waals surface area contributed by atoms with Crippen molar-refractivity contribution in [3.63, 3.8) is 0 Å². The SMILES string of the molecule is CNC(=O)OC(C)(C)C.Cc1nccc2c1c(=O)n(C)c1cc(OCCCC(C)C)c(C#N)cc21. The number of rotatable bonds is 5. The second-order valence-corrected chi connectivity index (χ2v) is 9.80. The molecule has 0 radical (unpaired) electrons. The van der Waals surface area contributed by atoms with Gasteiger partial charge in [0.2, 0.25) is 0 Å². The fourth-order valence-corrected chi connectivity index (χ4v) is 3.61. The van der Waals surface area contributed by atoms with E-state index < -0.39 is 0 Å². The number of nitrogens with zero attached hydrogens (tertiary/aromatic N) is 3. The molecule has 188 valence electrons. The van der Waals surface area contributed by atoms with Crippen molar-refractivity contribution in [1.29, 1.82) is 5.26 Å². The molecule has 0 unspecified atom stereocenters. The molecule has 3 aromatic rings. The molecule has 0 aliphatic heterocycles. The first kappa shape index (κ1) is 27.6. The molecule has 1 N–H and O–H groups in total. The monoisotopic (exact) mass is 480 g/mol. The second-order valence-electron chi connectivity index (χ2n) is 9.80. The van der Waals surface area contributed by atoms with Crippen molar-refractivity contribution < 1.29 is 14.3 Å². The fraction of sp³-hybridized carbons (Fsp3) is 0.481. The second kappa shape index (κ2) is 11.7. The first-order valence-electron chi connectivity index (χ1n) is 11.7. The van der Waals surface area contributed by atoms with Crippen molar-refractivity contribution in [1.82, 2.24) is 14.9 Å². The van der Waals surface area contributed by atoms with Crippen LogP contribution in [0.1, 0.15) is 58.7 Å². The van der Waals surface area contributed by atoms with Crippen molar-refractivity contribution in [2.24, 2.45) is 13.0 Å². The Labute approximate surface area is 206 Å². The van der Waals surface area contributed by atoms with Crippen LogP contribution in [0, 0.1) is 24.2 Å². The Bertz CT molecular complexity index is 1300. The normalized spacial score (nSPS) is 11.1. The molecule has 0 saturated carbocycles. The standard InChI is InChI=1S/C21H23N3O2.C6H13NO2/c1-13(2)6-5-9-26-19-11-18-17(10-15(19)12-22)16-7-8-23-14(3)20(16)21(25)24(18)4;1-6(2,3)9-5(8)7-4/h7-8,10-11,13H,5-6,9H2,1-4H3;1-4H3,(H,7,8). The molecule has 0 fully saturated rings. The Morgan fingerprint density at radius 3 is 2.49 bits per heavy atom. The van der Waals surface area contributed by atoms with Gasteiger partial charge in [0.1, 0.15) is 17.4 Å². The fourth-order valence-electron chi connectivity index (χ4n) is 3.61.